The van der Waals surface area contributed by atoms with Crippen molar-refractivity contribution in [1.82, 2.24) is 4.90 Å². The van der Waals surface area contributed by atoms with Gasteiger partial charge in [-0.2, -0.15) is 0 Å². The van der Waals surface area contributed by atoms with Gasteiger partial charge in [-0.25, -0.2) is 0 Å². The zero-order valence-corrected chi connectivity index (χ0v) is 18.1. The molecule has 3 nitrogen and oxygen atoms in total. The fourth-order valence-electron chi connectivity index (χ4n) is 3.64. The molecule has 4 rings (SSSR count). The summed E-state index contributed by atoms with van der Waals surface area (Å²) < 4.78 is 14.6. The van der Waals surface area contributed by atoms with Gasteiger partial charge < -0.3 is 9.46 Å². The van der Waals surface area contributed by atoms with Crippen LogP contribution in [0.25, 0.3) is 0 Å². The highest BCUT2D eigenvalue weighted by molar-refractivity contribution is 7.78. The van der Waals surface area contributed by atoms with Gasteiger partial charge in [0.15, 0.2) is 7.14 Å². The van der Waals surface area contributed by atoms with Crippen LogP contribution in [0.2, 0.25) is 0 Å². The van der Waals surface area contributed by atoms with Gasteiger partial charge >= 0.3 is 0 Å². The van der Waals surface area contributed by atoms with E-state index < -0.39 is 7.14 Å². The summed E-state index contributed by atoms with van der Waals surface area (Å²) in [6, 6.07) is 38.0. The largest absolute Gasteiger partial charge is 0.326 e. The Morgan fingerprint density at radius 3 is 1.52 bits per heavy atom. The third kappa shape index (κ3) is 4.84. The second kappa shape index (κ2) is 9.59. The third-order valence-corrected chi connectivity index (χ3v) is 8.24. The molecule has 0 aliphatic rings. The summed E-state index contributed by atoms with van der Waals surface area (Å²) >= 11 is 0. The highest BCUT2D eigenvalue weighted by atomic mass is 31.2. The van der Waals surface area contributed by atoms with E-state index in [1.54, 1.807) is 17.0 Å². The standard InChI is InChI=1S/C27H24NO2P/c29-27(24-15-7-2-8-16-24)28(21-23-13-5-1-6-14-23)22-31(30,25-17-9-3-10-18-25)26-19-11-4-12-20-26/h1-20H,21-22H2. The molecule has 0 saturated carbocycles. The van der Waals surface area contributed by atoms with Crippen molar-refractivity contribution in [3.8, 4) is 0 Å². The first-order valence-electron chi connectivity index (χ1n) is 10.3. The predicted octanol–water partition coefficient (Wildman–Crippen LogP) is 5.30. The van der Waals surface area contributed by atoms with Crippen molar-refractivity contribution in [1.29, 1.82) is 0 Å². The Morgan fingerprint density at radius 1 is 0.613 bits per heavy atom. The number of carbonyl (C=O) groups excluding carboxylic acids is 1. The van der Waals surface area contributed by atoms with Gasteiger partial charge in [-0.3, -0.25) is 4.79 Å². The predicted molar refractivity (Wildman–Crippen MR) is 127 cm³/mol. The molecule has 0 atom stereocenters. The average Bonchev–Trinajstić information content (AvgIpc) is 2.85. The molecule has 4 aromatic rings. The van der Waals surface area contributed by atoms with Crippen molar-refractivity contribution in [3.05, 3.63) is 132 Å². The first-order chi connectivity index (χ1) is 15.2. The second-order valence-electron chi connectivity index (χ2n) is 7.41. The van der Waals surface area contributed by atoms with E-state index in [9.17, 15) is 9.36 Å². The molecule has 0 N–H and O–H groups in total. The van der Waals surface area contributed by atoms with Gasteiger partial charge in [0.05, 0.1) is 6.29 Å². The lowest BCUT2D eigenvalue weighted by molar-refractivity contribution is 0.0772. The minimum atomic E-state index is -3.09. The first-order valence-corrected chi connectivity index (χ1v) is 12.1. The van der Waals surface area contributed by atoms with Crippen LogP contribution < -0.4 is 10.6 Å². The van der Waals surface area contributed by atoms with Gasteiger partial charge in [0, 0.05) is 22.7 Å². The molecule has 154 valence electrons. The highest BCUT2D eigenvalue weighted by Gasteiger charge is 2.32. The smallest absolute Gasteiger partial charge is 0.254 e. The van der Waals surface area contributed by atoms with Crippen LogP contribution >= 0.6 is 7.14 Å². The van der Waals surface area contributed by atoms with E-state index in [1.165, 1.54) is 0 Å². The molecular formula is C27H24NO2P. The van der Waals surface area contributed by atoms with Gasteiger partial charge in [0.2, 0.25) is 0 Å². The van der Waals surface area contributed by atoms with E-state index >= 15 is 0 Å². The van der Waals surface area contributed by atoms with Gasteiger partial charge in [0.25, 0.3) is 5.91 Å². The quantitative estimate of drug-likeness (QED) is 0.377. The van der Waals surface area contributed by atoms with Crippen molar-refractivity contribution < 1.29 is 9.36 Å². The van der Waals surface area contributed by atoms with Gasteiger partial charge in [0.1, 0.15) is 0 Å². The van der Waals surface area contributed by atoms with E-state index in [0.717, 1.165) is 16.2 Å². The first kappa shape index (κ1) is 20.8. The maximum atomic E-state index is 14.6. The topological polar surface area (TPSA) is 37.4 Å². The van der Waals surface area contributed by atoms with E-state index in [2.05, 4.69) is 0 Å². The number of amides is 1. The summed E-state index contributed by atoms with van der Waals surface area (Å²) in [5.74, 6) is -0.128. The normalized spacial score (nSPS) is 11.1. The number of hydrogen-bond acceptors (Lipinski definition) is 2. The number of rotatable bonds is 7. The van der Waals surface area contributed by atoms with Crippen LogP contribution in [0.4, 0.5) is 0 Å². The zero-order valence-electron chi connectivity index (χ0n) is 17.2. The van der Waals surface area contributed by atoms with E-state index in [-0.39, 0.29) is 12.2 Å². The minimum Gasteiger partial charge on any atom is -0.326 e. The van der Waals surface area contributed by atoms with E-state index in [1.807, 2.05) is 109 Å². The highest BCUT2D eigenvalue weighted by Crippen LogP contribution is 2.44. The molecule has 0 aromatic heterocycles. The number of nitrogens with zero attached hydrogens (tertiary/aromatic N) is 1. The van der Waals surface area contributed by atoms with Crippen LogP contribution in [-0.2, 0) is 11.1 Å². The zero-order chi connectivity index (χ0) is 21.5. The number of carbonyl (C=O) groups is 1. The number of hydrogen-bond donors (Lipinski definition) is 0. The van der Waals surface area contributed by atoms with Crippen molar-refractivity contribution in [2.24, 2.45) is 0 Å². The molecule has 0 radical (unpaired) electrons. The summed E-state index contributed by atoms with van der Waals surface area (Å²) in [5.41, 5.74) is 1.59. The molecule has 0 unspecified atom stereocenters. The maximum Gasteiger partial charge on any atom is 0.254 e. The van der Waals surface area contributed by atoms with Crippen LogP contribution in [0.3, 0.4) is 0 Å². The summed E-state index contributed by atoms with van der Waals surface area (Å²) in [4.78, 5) is 15.2. The van der Waals surface area contributed by atoms with Crippen LogP contribution in [0.1, 0.15) is 15.9 Å². The number of benzene rings is 4. The summed E-state index contributed by atoms with van der Waals surface area (Å²) in [6.07, 6.45) is 0.129. The van der Waals surface area contributed by atoms with Crippen LogP contribution in [0, 0.1) is 0 Å². The third-order valence-electron chi connectivity index (χ3n) is 5.24. The van der Waals surface area contributed by atoms with Crippen LogP contribution in [0.5, 0.6) is 0 Å². The van der Waals surface area contributed by atoms with Crippen molar-refractivity contribution >= 4 is 23.7 Å². The Kier molecular flexibility index (Phi) is 6.45. The molecular weight excluding hydrogens is 401 g/mol. The van der Waals surface area contributed by atoms with Crippen molar-refractivity contribution in [3.63, 3.8) is 0 Å². The molecule has 4 aromatic carbocycles. The van der Waals surface area contributed by atoms with Gasteiger partial charge in [-0.1, -0.05) is 109 Å². The maximum absolute atomic E-state index is 14.6. The molecule has 0 fully saturated rings. The lowest BCUT2D eigenvalue weighted by Gasteiger charge is -2.29. The molecule has 0 spiro atoms. The van der Waals surface area contributed by atoms with Gasteiger partial charge in [-0.05, 0) is 17.7 Å². The Morgan fingerprint density at radius 2 is 1.03 bits per heavy atom. The van der Waals surface area contributed by atoms with E-state index in [0.29, 0.717) is 12.1 Å². The summed E-state index contributed by atoms with van der Waals surface area (Å²) in [6.45, 7) is 0.387. The molecule has 0 aliphatic carbocycles. The molecule has 31 heavy (non-hydrogen) atoms. The second-order valence-corrected chi connectivity index (χ2v) is 10.2. The van der Waals surface area contributed by atoms with Crippen molar-refractivity contribution in [2.45, 2.75) is 6.54 Å². The lowest BCUT2D eigenvalue weighted by Crippen LogP contribution is -2.35. The van der Waals surface area contributed by atoms with Crippen LogP contribution in [0.15, 0.2) is 121 Å². The molecule has 4 heteroatoms. The molecule has 0 saturated heterocycles. The Labute approximate surface area is 183 Å². The Bertz CT molecular complexity index is 1120. The Balaban J connectivity index is 1.77. The fourth-order valence-corrected chi connectivity index (χ4v) is 6.28. The monoisotopic (exact) mass is 425 g/mol. The lowest BCUT2D eigenvalue weighted by atomic mass is 10.1. The molecule has 0 bridgehead atoms. The SMILES string of the molecule is O=C(c1ccccc1)N(Cc1ccccc1)CP(=O)(c1ccccc1)c1ccccc1. The molecule has 0 aliphatic heterocycles. The molecule has 1 amide bonds. The summed E-state index contributed by atoms with van der Waals surface area (Å²) in [5, 5.41) is 1.50. The summed E-state index contributed by atoms with van der Waals surface area (Å²) in [7, 11) is -3.09. The average molecular weight is 425 g/mol. The van der Waals surface area contributed by atoms with Gasteiger partial charge in [-0.15, -0.1) is 0 Å². The Hall–Kier alpha value is -3.42. The minimum absolute atomic E-state index is 0.128. The van der Waals surface area contributed by atoms with E-state index in [4.69, 9.17) is 0 Å². The fraction of sp³-hybridized carbons (Fsp3) is 0.0741. The van der Waals surface area contributed by atoms with Crippen LogP contribution in [-0.4, -0.2) is 17.1 Å². The molecule has 0 heterocycles. The van der Waals surface area contributed by atoms with Crippen molar-refractivity contribution in [2.75, 3.05) is 6.29 Å².